The topological polar surface area (TPSA) is 38.9 Å². The van der Waals surface area contributed by atoms with Gasteiger partial charge in [-0.1, -0.05) is 25.4 Å². The van der Waals surface area contributed by atoms with Gasteiger partial charge in [0.1, 0.15) is 0 Å². The maximum atomic E-state index is 5.88. The van der Waals surface area contributed by atoms with Crippen LogP contribution in [0.1, 0.15) is 25.6 Å². The number of aromatic nitrogens is 1. The van der Waals surface area contributed by atoms with Gasteiger partial charge < -0.3 is 5.73 Å². The highest BCUT2D eigenvalue weighted by atomic mass is 35.5. The van der Waals surface area contributed by atoms with Crippen molar-refractivity contribution in [2.75, 3.05) is 0 Å². The van der Waals surface area contributed by atoms with Gasteiger partial charge in [0.2, 0.25) is 0 Å². The van der Waals surface area contributed by atoms with Crippen LogP contribution in [0, 0.1) is 5.92 Å². The van der Waals surface area contributed by atoms with E-state index in [-0.39, 0.29) is 6.04 Å². The standard InChI is InChI=1S/C9H13ClN2/c1-6(2)9(11)8-4-3-7(10)5-12-8/h3-6,9H,11H2,1-2H3. The van der Waals surface area contributed by atoms with Gasteiger partial charge in [0.05, 0.1) is 10.7 Å². The summed E-state index contributed by atoms with van der Waals surface area (Å²) in [7, 11) is 0. The second-order valence-corrected chi connectivity index (χ2v) is 3.61. The van der Waals surface area contributed by atoms with E-state index >= 15 is 0 Å². The Morgan fingerprint density at radius 2 is 2.08 bits per heavy atom. The van der Waals surface area contributed by atoms with Crippen molar-refractivity contribution >= 4 is 11.6 Å². The molecule has 0 aliphatic rings. The van der Waals surface area contributed by atoms with E-state index in [0.29, 0.717) is 10.9 Å². The largest absolute Gasteiger partial charge is 0.322 e. The lowest BCUT2D eigenvalue weighted by molar-refractivity contribution is 0.503. The van der Waals surface area contributed by atoms with Crippen molar-refractivity contribution in [3.05, 3.63) is 29.0 Å². The molecule has 3 heteroatoms. The van der Waals surface area contributed by atoms with Crippen LogP contribution >= 0.6 is 11.6 Å². The molecule has 1 atom stereocenters. The third kappa shape index (κ3) is 2.19. The molecule has 0 spiro atoms. The third-order valence-corrected chi connectivity index (χ3v) is 2.03. The molecule has 2 nitrogen and oxygen atoms in total. The van der Waals surface area contributed by atoms with E-state index in [1.54, 1.807) is 6.20 Å². The SMILES string of the molecule is CC(C)C(N)c1ccc(Cl)cn1. The van der Waals surface area contributed by atoms with E-state index in [1.165, 1.54) is 0 Å². The van der Waals surface area contributed by atoms with Crippen LogP contribution in [0.4, 0.5) is 0 Å². The molecule has 1 unspecified atom stereocenters. The zero-order chi connectivity index (χ0) is 9.14. The van der Waals surface area contributed by atoms with Gasteiger partial charge in [0.15, 0.2) is 0 Å². The Morgan fingerprint density at radius 1 is 1.42 bits per heavy atom. The average Bonchev–Trinajstić information content (AvgIpc) is 2.04. The Bertz CT molecular complexity index is 243. The Balaban J connectivity index is 2.82. The summed E-state index contributed by atoms with van der Waals surface area (Å²) in [5, 5.41) is 0.648. The number of pyridine rings is 1. The van der Waals surface area contributed by atoms with Crippen molar-refractivity contribution in [2.24, 2.45) is 11.7 Å². The number of halogens is 1. The first kappa shape index (κ1) is 9.49. The molecule has 0 aliphatic carbocycles. The molecule has 1 rings (SSSR count). The van der Waals surface area contributed by atoms with Crippen molar-refractivity contribution in [2.45, 2.75) is 19.9 Å². The number of hydrogen-bond donors (Lipinski definition) is 1. The smallest absolute Gasteiger partial charge is 0.0589 e. The highest BCUT2D eigenvalue weighted by molar-refractivity contribution is 6.30. The minimum atomic E-state index is 0.00210. The van der Waals surface area contributed by atoms with Crippen LogP contribution < -0.4 is 5.73 Å². The molecular formula is C9H13ClN2. The molecule has 0 saturated heterocycles. The van der Waals surface area contributed by atoms with Crippen LogP contribution in [0.3, 0.4) is 0 Å². The number of nitrogens with two attached hydrogens (primary N) is 1. The molecule has 0 fully saturated rings. The molecule has 0 radical (unpaired) electrons. The van der Waals surface area contributed by atoms with Gasteiger partial charge in [-0.05, 0) is 18.1 Å². The zero-order valence-corrected chi connectivity index (χ0v) is 8.05. The molecular weight excluding hydrogens is 172 g/mol. The molecule has 12 heavy (non-hydrogen) atoms. The van der Waals surface area contributed by atoms with Gasteiger partial charge in [-0.15, -0.1) is 0 Å². The van der Waals surface area contributed by atoms with Crippen molar-refractivity contribution in [1.82, 2.24) is 4.98 Å². The molecule has 1 aromatic rings. The normalized spacial score (nSPS) is 13.4. The zero-order valence-electron chi connectivity index (χ0n) is 7.29. The van der Waals surface area contributed by atoms with Crippen molar-refractivity contribution in [3.8, 4) is 0 Å². The maximum Gasteiger partial charge on any atom is 0.0589 e. The maximum absolute atomic E-state index is 5.88. The molecule has 0 saturated carbocycles. The van der Waals surface area contributed by atoms with Gasteiger partial charge in [-0.25, -0.2) is 0 Å². The minimum Gasteiger partial charge on any atom is -0.322 e. The Kier molecular flexibility index (Phi) is 3.06. The Labute approximate surface area is 77.8 Å². The van der Waals surface area contributed by atoms with Crippen molar-refractivity contribution < 1.29 is 0 Å². The van der Waals surface area contributed by atoms with Crippen LogP contribution in [-0.2, 0) is 0 Å². The number of nitrogens with zero attached hydrogens (tertiary/aromatic N) is 1. The molecule has 2 N–H and O–H groups in total. The summed E-state index contributed by atoms with van der Waals surface area (Å²) in [6, 6.07) is 3.68. The lowest BCUT2D eigenvalue weighted by Gasteiger charge is -2.14. The summed E-state index contributed by atoms with van der Waals surface area (Å²) < 4.78 is 0. The third-order valence-electron chi connectivity index (χ3n) is 1.81. The first-order chi connectivity index (χ1) is 5.61. The summed E-state index contributed by atoms with van der Waals surface area (Å²) >= 11 is 5.69. The van der Waals surface area contributed by atoms with Crippen LogP contribution in [0.25, 0.3) is 0 Å². The molecule has 66 valence electrons. The lowest BCUT2D eigenvalue weighted by atomic mass is 10.0. The summed E-state index contributed by atoms with van der Waals surface area (Å²) in [6.45, 7) is 4.14. The van der Waals surface area contributed by atoms with Gasteiger partial charge >= 0.3 is 0 Å². The van der Waals surface area contributed by atoms with E-state index in [4.69, 9.17) is 17.3 Å². The lowest BCUT2D eigenvalue weighted by Crippen LogP contribution is -2.17. The molecule has 1 aromatic heterocycles. The number of hydrogen-bond acceptors (Lipinski definition) is 2. The van der Waals surface area contributed by atoms with E-state index in [0.717, 1.165) is 5.69 Å². The second-order valence-electron chi connectivity index (χ2n) is 3.17. The van der Waals surface area contributed by atoms with Crippen LogP contribution in [0.15, 0.2) is 18.3 Å². The first-order valence-corrected chi connectivity index (χ1v) is 4.36. The quantitative estimate of drug-likeness (QED) is 0.767. The molecule has 1 heterocycles. The summed E-state index contributed by atoms with van der Waals surface area (Å²) in [5.41, 5.74) is 6.78. The first-order valence-electron chi connectivity index (χ1n) is 3.98. The monoisotopic (exact) mass is 184 g/mol. The second kappa shape index (κ2) is 3.87. The minimum absolute atomic E-state index is 0.00210. The van der Waals surface area contributed by atoms with Crippen LogP contribution in [-0.4, -0.2) is 4.98 Å². The van der Waals surface area contributed by atoms with Crippen LogP contribution in [0.2, 0.25) is 5.02 Å². The van der Waals surface area contributed by atoms with Gasteiger partial charge in [0, 0.05) is 12.2 Å². The Hall–Kier alpha value is -0.600. The summed E-state index contributed by atoms with van der Waals surface area (Å²) in [6.07, 6.45) is 1.62. The van der Waals surface area contributed by atoms with Crippen molar-refractivity contribution in [3.63, 3.8) is 0 Å². The fourth-order valence-electron chi connectivity index (χ4n) is 0.926. The van der Waals surface area contributed by atoms with E-state index < -0.39 is 0 Å². The van der Waals surface area contributed by atoms with Gasteiger partial charge in [-0.2, -0.15) is 0 Å². The fourth-order valence-corrected chi connectivity index (χ4v) is 1.04. The highest BCUT2D eigenvalue weighted by Crippen LogP contribution is 2.17. The van der Waals surface area contributed by atoms with E-state index in [2.05, 4.69) is 18.8 Å². The molecule has 0 aromatic carbocycles. The summed E-state index contributed by atoms with van der Waals surface area (Å²) in [5.74, 6) is 0.402. The predicted octanol–water partition coefficient (Wildman–Crippen LogP) is 2.39. The molecule has 0 aliphatic heterocycles. The van der Waals surface area contributed by atoms with Crippen molar-refractivity contribution in [1.29, 1.82) is 0 Å². The van der Waals surface area contributed by atoms with E-state index in [1.807, 2.05) is 12.1 Å². The predicted molar refractivity (Wildman–Crippen MR) is 51.0 cm³/mol. The fraction of sp³-hybridized carbons (Fsp3) is 0.444. The molecule has 0 amide bonds. The number of rotatable bonds is 2. The van der Waals surface area contributed by atoms with E-state index in [9.17, 15) is 0 Å². The summed E-state index contributed by atoms with van der Waals surface area (Å²) in [4.78, 5) is 4.14. The Morgan fingerprint density at radius 3 is 2.50 bits per heavy atom. The average molecular weight is 185 g/mol. The van der Waals surface area contributed by atoms with Crippen LogP contribution in [0.5, 0.6) is 0 Å². The highest BCUT2D eigenvalue weighted by Gasteiger charge is 2.10. The van der Waals surface area contributed by atoms with Gasteiger partial charge in [0.25, 0.3) is 0 Å². The van der Waals surface area contributed by atoms with Gasteiger partial charge in [-0.3, -0.25) is 4.98 Å². The molecule has 0 bridgehead atoms.